The summed E-state index contributed by atoms with van der Waals surface area (Å²) in [5.74, 6) is -0.0163. The zero-order valence-corrected chi connectivity index (χ0v) is 9.94. The molecule has 0 aliphatic rings. The van der Waals surface area contributed by atoms with Gasteiger partial charge in [0.25, 0.3) is 6.43 Å². The smallest absolute Gasteiger partial charge is 0.263 e. The molecule has 0 heterocycles. The lowest BCUT2D eigenvalue weighted by Crippen LogP contribution is -2.21. The van der Waals surface area contributed by atoms with Crippen molar-refractivity contribution in [2.24, 2.45) is 11.7 Å². The van der Waals surface area contributed by atoms with Crippen molar-refractivity contribution in [1.29, 1.82) is 0 Å². The van der Waals surface area contributed by atoms with E-state index in [1.807, 2.05) is 6.92 Å². The van der Waals surface area contributed by atoms with Crippen molar-refractivity contribution in [3.8, 4) is 0 Å². The highest BCUT2D eigenvalue weighted by molar-refractivity contribution is 5.25. The first kappa shape index (κ1) is 14.1. The Kier molecular flexibility index (Phi) is 5.51. The third-order valence-electron chi connectivity index (χ3n) is 2.94. The predicted octanol–water partition coefficient (Wildman–Crippen LogP) is 3.03. The predicted molar refractivity (Wildman–Crippen MR) is 63.8 cm³/mol. The third-order valence-corrected chi connectivity index (χ3v) is 2.94. The van der Waals surface area contributed by atoms with Gasteiger partial charge < -0.3 is 10.8 Å². The molecule has 0 saturated heterocycles. The number of alkyl halides is 2. The first-order valence-corrected chi connectivity index (χ1v) is 5.86. The van der Waals surface area contributed by atoms with E-state index in [0.717, 1.165) is 12.8 Å². The second-order valence-corrected chi connectivity index (χ2v) is 4.20. The van der Waals surface area contributed by atoms with E-state index in [9.17, 15) is 13.9 Å². The summed E-state index contributed by atoms with van der Waals surface area (Å²) in [4.78, 5) is 0. The van der Waals surface area contributed by atoms with Crippen LogP contribution in [0, 0.1) is 5.92 Å². The number of rotatable bonds is 6. The van der Waals surface area contributed by atoms with Gasteiger partial charge >= 0.3 is 0 Å². The lowest BCUT2D eigenvalue weighted by Gasteiger charge is -2.21. The zero-order chi connectivity index (χ0) is 12.8. The molecule has 0 bridgehead atoms. The Morgan fingerprint density at radius 1 is 1.18 bits per heavy atom. The summed E-state index contributed by atoms with van der Waals surface area (Å²) in [6.45, 7) is 2.42. The topological polar surface area (TPSA) is 46.2 Å². The molecule has 17 heavy (non-hydrogen) atoms. The van der Waals surface area contributed by atoms with Gasteiger partial charge in [0.15, 0.2) is 0 Å². The third kappa shape index (κ3) is 3.75. The van der Waals surface area contributed by atoms with Gasteiger partial charge in [-0.1, -0.05) is 37.6 Å². The van der Waals surface area contributed by atoms with E-state index < -0.39 is 12.5 Å². The highest BCUT2D eigenvalue weighted by Crippen LogP contribution is 2.27. The van der Waals surface area contributed by atoms with Gasteiger partial charge in [-0.25, -0.2) is 8.78 Å². The van der Waals surface area contributed by atoms with Crippen LogP contribution in [0.5, 0.6) is 0 Å². The summed E-state index contributed by atoms with van der Waals surface area (Å²) in [6, 6.07) is 5.79. The van der Waals surface area contributed by atoms with Gasteiger partial charge in [0.05, 0.1) is 6.10 Å². The largest absolute Gasteiger partial charge is 0.388 e. The van der Waals surface area contributed by atoms with Crippen molar-refractivity contribution in [2.75, 3.05) is 6.54 Å². The molecule has 0 fully saturated rings. The minimum atomic E-state index is -2.47. The lowest BCUT2D eigenvalue weighted by molar-refractivity contribution is 0.106. The maximum Gasteiger partial charge on any atom is 0.263 e. The van der Waals surface area contributed by atoms with E-state index in [-0.39, 0.29) is 11.5 Å². The number of nitrogens with two attached hydrogens (primary N) is 1. The first-order chi connectivity index (χ1) is 8.10. The van der Waals surface area contributed by atoms with E-state index in [4.69, 9.17) is 5.73 Å². The van der Waals surface area contributed by atoms with Gasteiger partial charge in [-0.05, 0) is 18.5 Å². The highest BCUT2D eigenvalue weighted by atomic mass is 19.3. The number of aliphatic hydroxyl groups is 1. The van der Waals surface area contributed by atoms with Crippen molar-refractivity contribution >= 4 is 0 Å². The number of hydrogen-bond acceptors (Lipinski definition) is 2. The van der Waals surface area contributed by atoms with Crippen LogP contribution in [0.15, 0.2) is 24.3 Å². The Hall–Kier alpha value is -1.00. The average Bonchev–Trinajstić information content (AvgIpc) is 2.35. The number of aliphatic hydroxyl groups excluding tert-OH is 1. The Morgan fingerprint density at radius 3 is 2.12 bits per heavy atom. The van der Waals surface area contributed by atoms with Crippen LogP contribution in [-0.4, -0.2) is 11.7 Å². The zero-order valence-electron chi connectivity index (χ0n) is 9.94. The Balaban J connectivity index is 2.77. The molecule has 0 amide bonds. The molecule has 0 radical (unpaired) electrons. The molecule has 1 rings (SSSR count). The van der Waals surface area contributed by atoms with E-state index in [1.165, 1.54) is 12.1 Å². The van der Waals surface area contributed by atoms with Crippen LogP contribution in [0.1, 0.15) is 43.4 Å². The fraction of sp³-hybridized carbons (Fsp3) is 0.538. The van der Waals surface area contributed by atoms with Crippen LogP contribution in [0.25, 0.3) is 0 Å². The van der Waals surface area contributed by atoms with Crippen LogP contribution < -0.4 is 5.73 Å². The van der Waals surface area contributed by atoms with Crippen molar-refractivity contribution in [2.45, 2.75) is 32.3 Å². The molecular weight excluding hydrogens is 224 g/mol. The van der Waals surface area contributed by atoms with E-state index in [2.05, 4.69) is 0 Å². The molecule has 0 aromatic heterocycles. The normalized spacial score (nSPS) is 14.9. The minimum absolute atomic E-state index is 0.0163. The maximum absolute atomic E-state index is 12.4. The number of benzene rings is 1. The number of halogens is 2. The summed E-state index contributed by atoms with van der Waals surface area (Å²) >= 11 is 0. The molecule has 0 saturated carbocycles. The van der Waals surface area contributed by atoms with Crippen LogP contribution in [-0.2, 0) is 0 Å². The van der Waals surface area contributed by atoms with Crippen molar-refractivity contribution < 1.29 is 13.9 Å². The molecule has 3 N–H and O–H groups in total. The van der Waals surface area contributed by atoms with Gasteiger partial charge in [-0.3, -0.25) is 0 Å². The Bertz CT molecular complexity index is 327. The molecule has 1 aromatic rings. The number of hydrogen-bond donors (Lipinski definition) is 2. The molecule has 0 aliphatic carbocycles. The van der Waals surface area contributed by atoms with E-state index in [0.29, 0.717) is 12.1 Å². The van der Waals surface area contributed by atoms with Gasteiger partial charge in [0.2, 0.25) is 0 Å². The molecule has 0 spiro atoms. The van der Waals surface area contributed by atoms with Crippen molar-refractivity contribution in [3.05, 3.63) is 35.4 Å². The van der Waals surface area contributed by atoms with E-state index >= 15 is 0 Å². The molecule has 96 valence electrons. The Morgan fingerprint density at radius 2 is 1.71 bits per heavy atom. The summed E-state index contributed by atoms with van der Waals surface area (Å²) in [6.07, 6.45) is -1.38. The van der Waals surface area contributed by atoms with Crippen LogP contribution in [0.2, 0.25) is 0 Å². The monoisotopic (exact) mass is 243 g/mol. The van der Waals surface area contributed by atoms with Gasteiger partial charge in [0.1, 0.15) is 0 Å². The Labute approximate surface area is 100 Å². The fourth-order valence-corrected chi connectivity index (χ4v) is 1.89. The average molecular weight is 243 g/mol. The highest BCUT2D eigenvalue weighted by Gasteiger charge is 2.19. The quantitative estimate of drug-likeness (QED) is 0.806. The summed E-state index contributed by atoms with van der Waals surface area (Å²) in [7, 11) is 0. The first-order valence-electron chi connectivity index (χ1n) is 5.86. The molecule has 2 unspecified atom stereocenters. The summed E-state index contributed by atoms with van der Waals surface area (Å²) in [5, 5.41) is 10.1. The maximum atomic E-state index is 12.4. The van der Waals surface area contributed by atoms with Gasteiger partial charge in [-0.15, -0.1) is 0 Å². The van der Waals surface area contributed by atoms with E-state index in [1.54, 1.807) is 12.1 Å². The molecular formula is C13H19F2NO. The molecule has 4 heteroatoms. The van der Waals surface area contributed by atoms with Gasteiger partial charge in [-0.2, -0.15) is 0 Å². The van der Waals surface area contributed by atoms with Crippen molar-refractivity contribution in [1.82, 2.24) is 0 Å². The molecule has 2 atom stereocenters. The second kappa shape index (κ2) is 6.67. The standard InChI is InChI=1S/C13H19F2NO/c1-2-3-11(8-16)12(17)9-4-6-10(7-5-9)13(14)15/h4-7,11-13,17H,2-3,8,16H2,1H3. The molecule has 1 aromatic carbocycles. The fourth-order valence-electron chi connectivity index (χ4n) is 1.89. The van der Waals surface area contributed by atoms with Crippen molar-refractivity contribution in [3.63, 3.8) is 0 Å². The van der Waals surface area contributed by atoms with Crippen LogP contribution in [0.4, 0.5) is 8.78 Å². The molecule has 2 nitrogen and oxygen atoms in total. The summed E-state index contributed by atoms with van der Waals surface area (Å²) < 4.78 is 24.7. The van der Waals surface area contributed by atoms with Gasteiger partial charge in [0, 0.05) is 11.5 Å². The molecule has 0 aliphatic heterocycles. The lowest BCUT2D eigenvalue weighted by atomic mass is 9.91. The summed E-state index contributed by atoms with van der Waals surface area (Å²) in [5.41, 5.74) is 6.22. The van der Waals surface area contributed by atoms with Crippen LogP contribution in [0.3, 0.4) is 0 Å². The minimum Gasteiger partial charge on any atom is -0.388 e. The van der Waals surface area contributed by atoms with Crippen LogP contribution >= 0.6 is 0 Å². The second-order valence-electron chi connectivity index (χ2n) is 4.20. The SMILES string of the molecule is CCCC(CN)C(O)c1ccc(C(F)F)cc1.